The molecule has 0 bridgehead atoms. The molecule has 1 aromatic heterocycles. The molecule has 2 saturated heterocycles. The third-order valence-corrected chi connectivity index (χ3v) is 10.1. The molecule has 3 aliphatic rings. The highest BCUT2D eigenvalue weighted by atomic mass is 32.2. The number of hydrogen-bond acceptors (Lipinski definition) is 8. The maximum absolute atomic E-state index is 14.6. The second-order valence-corrected chi connectivity index (χ2v) is 13.1. The largest absolute Gasteiger partial charge is 0.493 e. The second kappa shape index (κ2) is 12.5. The summed E-state index contributed by atoms with van der Waals surface area (Å²) < 4.78 is 61.4. The van der Waals surface area contributed by atoms with E-state index in [1.165, 1.54) is 12.1 Å². The summed E-state index contributed by atoms with van der Waals surface area (Å²) in [5, 5.41) is 11.3. The van der Waals surface area contributed by atoms with Gasteiger partial charge >= 0.3 is 6.18 Å². The summed E-state index contributed by atoms with van der Waals surface area (Å²) in [6, 6.07) is 6.08. The van der Waals surface area contributed by atoms with E-state index in [9.17, 15) is 32.5 Å². The number of non-ortho nitro benzene ring substituents is 1. The molecule has 1 N–H and O–H groups in total. The lowest BCUT2D eigenvalue weighted by molar-refractivity contribution is -0.385. The Bertz CT molecular complexity index is 1580. The van der Waals surface area contributed by atoms with E-state index < -0.39 is 33.7 Å². The van der Waals surface area contributed by atoms with E-state index in [4.69, 9.17) is 4.74 Å². The third kappa shape index (κ3) is 6.96. The number of likely N-dealkylation sites (tertiary alicyclic amines) is 1. The molecular formula is C30H33F4N5O4S. The van der Waals surface area contributed by atoms with Crippen molar-refractivity contribution in [2.24, 2.45) is 5.92 Å². The number of piperidine rings is 2. The van der Waals surface area contributed by atoms with Crippen LogP contribution in [0, 0.1) is 21.8 Å². The molecule has 9 nitrogen and oxygen atoms in total. The molecular weight excluding hydrogens is 602 g/mol. The standard InChI is InChI=1S/C30H33F4N5O4S/c31-24-14-21(43-16-18-1-2-18)15-25-28(24)29(40)36-27(35-25)17-44-22-7-11-37(12-8-22)19-5-9-38(10-6-19)26-4-3-20(39(41)42)13-23(26)30(32,33)34/h3-4,13-15,18-19,22H,1-2,5-12,16-17H2,(H,35,36,40). The SMILES string of the molecule is O=c1[nH]c(CSC2CCN(C3CCN(c4ccc([N+](=O)[O-])cc4C(F)(F)F)CC3)CC2)nc2cc(OCC3CC3)cc(F)c12. The molecule has 3 aromatic rings. The minimum absolute atomic E-state index is 0.0123. The highest BCUT2D eigenvalue weighted by Gasteiger charge is 2.38. The molecule has 0 amide bonds. The van der Waals surface area contributed by atoms with E-state index in [2.05, 4.69) is 14.9 Å². The number of aromatic amines is 1. The van der Waals surface area contributed by atoms with Crippen LogP contribution in [0.1, 0.15) is 49.9 Å². The summed E-state index contributed by atoms with van der Waals surface area (Å²) >= 11 is 1.70. The normalized spacial score (nSPS) is 19.0. The number of anilines is 1. The molecule has 6 rings (SSSR count). The smallest absolute Gasteiger partial charge is 0.418 e. The topological polar surface area (TPSA) is 105 Å². The van der Waals surface area contributed by atoms with Gasteiger partial charge < -0.3 is 19.5 Å². The van der Waals surface area contributed by atoms with E-state index in [0.717, 1.165) is 44.8 Å². The van der Waals surface area contributed by atoms with Crippen molar-refractivity contribution in [1.82, 2.24) is 14.9 Å². The van der Waals surface area contributed by atoms with Gasteiger partial charge in [0.05, 0.1) is 28.4 Å². The van der Waals surface area contributed by atoms with Crippen LogP contribution in [0.25, 0.3) is 10.9 Å². The number of H-pyrrole nitrogens is 1. The average molecular weight is 636 g/mol. The van der Waals surface area contributed by atoms with Gasteiger partial charge in [-0.05, 0) is 63.6 Å². The van der Waals surface area contributed by atoms with Crippen LogP contribution in [0.15, 0.2) is 35.1 Å². The second-order valence-electron chi connectivity index (χ2n) is 11.8. The van der Waals surface area contributed by atoms with Gasteiger partial charge in [0.15, 0.2) is 0 Å². The summed E-state index contributed by atoms with van der Waals surface area (Å²) in [5.74, 6) is 1.23. The predicted octanol–water partition coefficient (Wildman–Crippen LogP) is 6.14. The number of ether oxygens (including phenoxy) is 1. The van der Waals surface area contributed by atoms with Gasteiger partial charge in [-0.3, -0.25) is 14.9 Å². The number of hydrogen-bond donors (Lipinski definition) is 1. The predicted molar refractivity (Wildman–Crippen MR) is 160 cm³/mol. The molecule has 0 spiro atoms. The Kier molecular flexibility index (Phi) is 8.73. The van der Waals surface area contributed by atoms with Crippen molar-refractivity contribution in [1.29, 1.82) is 0 Å². The lowest BCUT2D eigenvalue weighted by Crippen LogP contribution is -2.48. The van der Waals surface area contributed by atoms with Crippen LogP contribution >= 0.6 is 11.8 Å². The lowest BCUT2D eigenvalue weighted by Gasteiger charge is -2.42. The number of nitro groups is 1. The first-order chi connectivity index (χ1) is 21.0. The number of thioether (sulfide) groups is 1. The third-order valence-electron chi connectivity index (χ3n) is 8.72. The zero-order valence-electron chi connectivity index (χ0n) is 23.9. The van der Waals surface area contributed by atoms with E-state index in [0.29, 0.717) is 67.1 Å². The Morgan fingerprint density at radius 2 is 1.77 bits per heavy atom. The average Bonchev–Trinajstić information content (AvgIpc) is 3.83. The molecule has 14 heteroatoms. The summed E-state index contributed by atoms with van der Waals surface area (Å²) in [7, 11) is 0. The van der Waals surface area contributed by atoms with Gasteiger partial charge in [-0.2, -0.15) is 24.9 Å². The molecule has 0 atom stereocenters. The Balaban J connectivity index is 1.01. The molecule has 2 aromatic carbocycles. The first-order valence-corrected chi connectivity index (χ1v) is 15.9. The number of halogens is 4. The fraction of sp³-hybridized carbons (Fsp3) is 0.533. The maximum Gasteiger partial charge on any atom is 0.418 e. The van der Waals surface area contributed by atoms with Crippen LogP contribution in [-0.4, -0.2) is 63.9 Å². The minimum atomic E-state index is -4.68. The summed E-state index contributed by atoms with van der Waals surface area (Å²) in [6.45, 7) is 3.14. The van der Waals surface area contributed by atoms with Crippen LogP contribution < -0.4 is 15.2 Å². The molecule has 0 radical (unpaired) electrons. The molecule has 2 aliphatic heterocycles. The molecule has 0 unspecified atom stereocenters. The van der Waals surface area contributed by atoms with Crippen molar-refractivity contribution in [3.05, 3.63) is 68.0 Å². The van der Waals surface area contributed by atoms with Gasteiger partial charge in [0.25, 0.3) is 11.2 Å². The van der Waals surface area contributed by atoms with Crippen LogP contribution in [0.3, 0.4) is 0 Å². The van der Waals surface area contributed by atoms with E-state index in [-0.39, 0.29) is 22.6 Å². The number of aromatic nitrogens is 2. The minimum Gasteiger partial charge on any atom is -0.493 e. The number of nitro benzene ring substituents is 1. The molecule has 44 heavy (non-hydrogen) atoms. The van der Waals surface area contributed by atoms with Crippen molar-refractivity contribution < 1.29 is 27.2 Å². The van der Waals surface area contributed by atoms with Crippen LogP contribution in [0.2, 0.25) is 0 Å². The van der Waals surface area contributed by atoms with Crippen molar-refractivity contribution in [3.8, 4) is 5.75 Å². The van der Waals surface area contributed by atoms with Crippen molar-refractivity contribution in [3.63, 3.8) is 0 Å². The Morgan fingerprint density at radius 3 is 2.43 bits per heavy atom. The number of nitrogens with zero attached hydrogens (tertiary/aromatic N) is 4. The molecule has 3 fully saturated rings. The van der Waals surface area contributed by atoms with E-state index in [1.807, 2.05) is 0 Å². The monoisotopic (exact) mass is 635 g/mol. The van der Waals surface area contributed by atoms with Crippen LogP contribution in [-0.2, 0) is 11.9 Å². The van der Waals surface area contributed by atoms with Gasteiger partial charge in [-0.25, -0.2) is 9.37 Å². The highest BCUT2D eigenvalue weighted by Crippen LogP contribution is 2.40. The zero-order chi connectivity index (χ0) is 31.0. The number of rotatable bonds is 9. The maximum atomic E-state index is 14.6. The number of benzene rings is 2. The molecule has 3 heterocycles. The van der Waals surface area contributed by atoms with Crippen LogP contribution in [0.4, 0.5) is 28.9 Å². The molecule has 1 saturated carbocycles. The van der Waals surface area contributed by atoms with E-state index >= 15 is 0 Å². The quantitative estimate of drug-likeness (QED) is 0.170. The summed E-state index contributed by atoms with van der Waals surface area (Å²) in [4.78, 5) is 34.2. The first kappa shape index (κ1) is 30.6. The van der Waals surface area contributed by atoms with Gasteiger partial charge in [-0.15, -0.1) is 0 Å². The van der Waals surface area contributed by atoms with Crippen molar-refractivity contribution in [2.45, 2.75) is 61.7 Å². The molecule has 236 valence electrons. The number of nitrogens with one attached hydrogen (secondary N) is 1. The van der Waals surface area contributed by atoms with Gasteiger partial charge in [0.2, 0.25) is 0 Å². The highest BCUT2D eigenvalue weighted by molar-refractivity contribution is 7.99. The first-order valence-electron chi connectivity index (χ1n) is 14.9. The fourth-order valence-corrected chi connectivity index (χ4v) is 7.19. The Morgan fingerprint density at radius 1 is 1.05 bits per heavy atom. The lowest BCUT2D eigenvalue weighted by atomic mass is 9.98. The van der Waals surface area contributed by atoms with Crippen molar-refractivity contribution in [2.75, 3.05) is 37.7 Å². The fourth-order valence-electron chi connectivity index (χ4n) is 6.11. The molecule has 1 aliphatic carbocycles. The van der Waals surface area contributed by atoms with Gasteiger partial charge in [0.1, 0.15) is 22.8 Å². The summed E-state index contributed by atoms with van der Waals surface area (Å²) in [5.41, 5.74) is -1.78. The zero-order valence-corrected chi connectivity index (χ0v) is 24.8. The van der Waals surface area contributed by atoms with Crippen LogP contribution in [0.5, 0.6) is 5.75 Å². The van der Waals surface area contributed by atoms with Gasteiger partial charge in [-0.1, -0.05) is 0 Å². The Labute approximate surface area is 255 Å². The van der Waals surface area contributed by atoms with Gasteiger partial charge in [0, 0.05) is 54.3 Å². The van der Waals surface area contributed by atoms with E-state index in [1.54, 1.807) is 22.7 Å². The summed E-state index contributed by atoms with van der Waals surface area (Å²) in [6.07, 6.45) is 0.812. The number of alkyl halides is 3. The Hall–Kier alpha value is -3.39. The number of fused-ring (bicyclic) bond motifs is 1. The van der Waals surface area contributed by atoms with Crippen molar-refractivity contribution >= 4 is 34.0 Å².